The third-order valence-corrected chi connectivity index (χ3v) is 5.52. The van der Waals surface area contributed by atoms with Gasteiger partial charge in [0.2, 0.25) is 0 Å². The lowest BCUT2D eigenvalue weighted by Gasteiger charge is -2.21. The number of fused-ring (bicyclic) bond motifs is 3. The van der Waals surface area contributed by atoms with Crippen LogP contribution in [0.4, 0.5) is 0 Å². The molecule has 25 heavy (non-hydrogen) atoms. The summed E-state index contributed by atoms with van der Waals surface area (Å²) < 4.78 is 2.39. The highest BCUT2D eigenvalue weighted by atomic mass is 15.1. The molecule has 0 aliphatic rings. The lowest BCUT2D eigenvalue weighted by molar-refractivity contribution is 0.278. The van der Waals surface area contributed by atoms with E-state index in [1.54, 1.807) is 0 Å². The van der Waals surface area contributed by atoms with Crippen LogP contribution in [0.1, 0.15) is 50.3 Å². The Morgan fingerprint density at radius 3 is 2.44 bits per heavy atom. The third-order valence-electron chi connectivity index (χ3n) is 5.52. The van der Waals surface area contributed by atoms with Crippen molar-refractivity contribution in [2.75, 3.05) is 13.6 Å². The van der Waals surface area contributed by atoms with Crippen LogP contribution in [-0.2, 0) is 19.3 Å². The van der Waals surface area contributed by atoms with Crippen LogP contribution in [0.2, 0.25) is 0 Å². The van der Waals surface area contributed by atoms with Crippen molar-refractivity contribution in [2.24, 2.45) is 0 Å². The van der Waals surface area contributed by atoms with Gasteiger partial charge in [0, 0.05) is 23.7 Å². The van der Waals surface area contributed by atoms with Gasteiger partial charge in [-0.15, -0.1) is 0 Å². The van der Waals surface area contributed by atoms with Gasteiger partial charge in [0.1, 0.15) is 5.82 Å². The summed E-state index contributed by atoms with van der Waals surface area (Å²) in [6, 6.07) is 9.37. The maximum absolute atomic E-state index is 4.93. The van der Waals surface area contributed by atoms with E-state index >= 15 is 0 Å². The van der Waals surface area contributed by atoms with Crippen molar-refractivity contribution in [3.05, 3.63) is 46.9 Å². The van der Waals surface area contributed by atoms with Gasteiger partial charge in [-0.05, 0) is 64.3 Å². The Balaban J connectivity index is 2.29. The van der Waals surface area contributed by atoms with Crippen LogP contribution >= 0.6 is 0 Å². The highest BCUT2D eigenvalue weighted by molar-refractivity contribution is 5.94. The molecule has 3 nitrogen and oxygen atoms in total. The SMILES string of the molecule is CCc1nc(C)n2c(c1CC)c(CCN(C)C(C)C)c1ccccc12. The fourth-order valence-electron chi connectivity index (χ4n) is 3.87. The molecule has 0 fully saturated rings. The molecule has 0 amide bonds. The van der Waals surface area contributed by atoms with E-state index in [4.69, 9.17) is 4.98 Å². The zero-order valence-corrected chi connectivity index (χ0v) is 16.6. The van der Waals surface area contributed by atoms with Crippen LogP contribution in [0.3, 0.4) is 0 Å². The Hall–Kier alpha value is -1.87. The number of aromatic nitrogens is 2. The molecule has 134 valence electrons. The van der Waals surface area contributed by atoms with Gasteiger partial charge >= 0.3 is 0 Å². The van der Waals surface area contributed by atoms with Crippen molar-refractivity contribution in [1.82, 2.24) is 14.3 Å². The summed E-state index contributed by atoms with van der Waals surface area (Å²) in [7, 11) is 2.22. The fraction of sp³-hybridized carbons (Fsp3) is 0.500. The first-order valence-corrected chi connectivity index (χ1v) is 9.60. The van der Waals surface area contributed by atoms with Gasteiger partial charge in [-0.25, -0.2) is 4.98 Å². The number of rotatable bonds is 6. The average Bonchev–Trinajstić information content (AvgIpc) is 2.94. The number of benzene rings is 1. The van der Waals surface area contributed by atoms with Crippen LogP contribution in [-0.4, -0.2) is 33.9 Å². The van der Waals surface area contributed by atoms with E-state index in [0.717, 1.165) is 31.6 Å². The van der Waals surface area contributed by atoms with E-state index in [0.29, 0.717) is 6.04 Å². The Morgan fingerprint density at radius 1 is 1.08 bits per heavy atom. The number of aryl methyl sites for hydroxylation is 3. The van der Waals surface area contributed by atoms with Crippen molar-refractivity contribution in [1.29, 1.82) is 0 Å². The van der Waals surface area contributed by atoms with Crippen molar-refractivity contribution in [3.63, 3.8) is 0 Å². The molecular formula is C22H31N3. The Labute approximate surface area is 151 Å². The van der Waals surface area contributed by atoms with E-state index in [1.807, 2.05) is 0 Å². The molecule has 3 aromatic rings. The highest BCUT2D eigenvalue weighted by Crippen LogP contribution is 2.32. The maximum atomic E-state index is 4.93. The lowest BCUT2D eigenvalue weighted by atomic mass is 10.0. The van der Waals surface area contributed by atoms with E-state index in [9.17, 15) is 0 Å². The number of hydrogen-bond donors (Lipinski definition) is 0. The summed E-state index contributed by atoms with van der Waals surface area (Å²) >= 11 is 0. The molecule has 2 aromatic heterocycles. The molecule has 3 heteroatoms. The minimum atomic E-state index is 0.570. The lowest BCUT2D eigenvalue weighted by Crippen LogP contribution is -2.28. The van der Waals surface area contributed by atoms with Gasteiger partial charge in [0.15, 0.2) is 0 Å². The highest BCUT2D eigenvalue weighted by Gasteiger charge is 2.19. The molecule has 0 aliphatic heterocycles. The van der Waals surface area contributed by atoms with Gasteiger partial charge in [-0.2, -0.15) is 0 Å². The first-order chi connectivity index (χ1) is 12.0. The van der Waals surface area contributed by atoms with E-state index in [-0.39, 0.29) is 0 Å². The summed E-state index contributed by atoms with van der Waals surface area (Å²) in [6.07, 6.45) is 3.10. The van der Waals surface area contributed by atoms with Gasteiger partial charge in [-0.3, -0.25) is 4.40 Å². The molecule has 0 radical (unpaired) electrons. The summed E-state index contributed by atoms with van der Waals surface area (Å²) in [6.45, 7) is 12.2. The third kappa shape index (κ3) is 3.06. The maximum Gasteiger partial charge on any atom is 0.110 e. The molecule has 0 saturated carbocycles. The van der Waals surface area contributed by atoms with E-state index < -0.39 is 0 Å². The number of nitrogens with zero attached hydrogens (tertiary/aromatic N) is 3. The molecule has 0 saturated heterocycles. The largest absolute Gasteiger partial charge is 0.304 e. The standard InChI is InChI=1S/C22H31N3/c1-7-17-20(8-2)23-16(5)25-21-12-10-9-11-18(21)19(22(17)25)13-14-24(6)15(3)4/h9-12,15H,7-8,13-14H2,1-6H3. The molecular weight excluding hydrogens is 306 g/mol. The van der Waals surface area contributed by atoms with Crippen molar-refractivity contribution in [3.8, 4) is 0 Å². The predicted molar refractivity (Wildman–Crippen MR) is 108 cm³/mol. The quantitative estimate of drug-likeness (QED) is 0.644. The molecule has 1 aromatic carbocycles. The summed E-state index contributed by atoms with van der Waals surface area (Å²) in [4.78, 5) is 7.36. The van der Waals surface area contributed by atoms with Crippen molar-refractivity contribution < 1.29 is 0 Å². The van der Waals surface area contributed by atoms with Gasteiger partial charge in [-0.1, -0.05) is 32.0 Å². The molecule has 0 bridgehead atoms. The normalized spacial score (nSPS) is 12.2. The smallest absolute Gasteiger partial charge is 0.110 e. The fourth-order valence-corrected chi connectivity index (χ4v) is 3.87. The topological polar surface area (TPSA) is 20.5 Å². The Morgan fingerprint density at radius 2 is 1.80 bits per heavy atom. The summed E-state index contributed by atoms with van der Waals surface area (Å²) in [5, 5.41) is 1.38. The average molecular weight is 338 g/mol. The van der Waals surface area contributed by atoms with Crippen molar-refractivity contribution in [2.45, 2.75) is 59.9 Å². The first-order valence-electron chi connectivity index (χ1n) is 9.60. The second-order valence-corrected chi connectivity index (χ2v) is 7.30. The minimum absolute atomic E-state index is 0.570. The molecule has 0 atom stereocenters. The van der Waals surface area contributed by atoms with Gasteiger partial charge < -0.3 is 4.90 Å². The van der Waals surface area contributed by atoms with Crippen LogP contribution in [0, 0.1) is 6.92 Å². The second kappa shape index (κ2) is 7.17. The number of hydrogen-bond acceptors (Lipinski definition) is 2. The van der Waals surface area contributed by atoms with Crippen molar-refractivity contribution >= 4 is 16.4 Å². The van der Waals surface area contributed by atoms with Crippen LogP contribution in [0.15, 0.2) is 24.3 Å². The van der Waals surface area contributed by atoms with Gasteiger partial charge in [0.05, 0.1) is 11.0 Å². The summed E-state index contributed by atoms with van der Waals surface area (Å²) in [5.41, 5.74) is 6.87. The minimum Gasteiger partial charge on any atom is -0.304 e. The zero-order chi connectivity index (χ0) is 18.1. The van der Waals surface area contributed by atoms with E-state index in [1.165, 1.54) is 33.2 Å². The first kappa shape index (κ1) is 17.9. The Bertz CT molecular complexity index is 889. The molecule has 0 aliphatic carbocycles. The molecule has 0 spiro atoms. The van der Waals surface area contributed by atoms with E-state index in [2.05, 4.69) is 75.2 Å². The predicted octanol–water partition coefficient (Wildman–Crippen LogP) is 4.80. The Kier molecular flexibility index (Phi) is 5.14. The van der Waals surface area contributed by atoms with Crippen LogP contribution in [0.5, 0.6) is 0 Å². The molecule has 3 rings (SSSR count). The zero-order valence-electron chi connectivity index (χ0n) is 16.6. The van der Waals surface area contributed by atoms with Crippen LogP contribution in [0.25, 0.3) is 16.4 Å². The second-order valence-electron chi connectivity index (χ2n) is 7.30. The number of para-hydroxylation sites is 1. The summed E-state index contributed by atoms with van der Waals surface area (Å²) in [5.74, 6) is 1.10. The molecule has 0 N–H and O–H groups in total. The molecule has 2 heterocycles. The molecule has 0 unspecified atom stereocenters. The monoisotopic (exact) mass is 337 g/mol. The van der Waals surface area contributed by atoms with Gasteiger partial charge in [0.25, 0.3) is 0 Å². The number of likely N-dealkylation sites (N-methyl/N-ethyl adjacent to an activating group) is 1. The van der Waals surface area contributed by atoms with Crippen LogP contribution < -0.4 is 0 Å².